The van der Waals surface area contributed by atoms with Crippen LogP contribution in [0.3, 0.4) is 0 Å². The first-order chi connectivity index (χ1) is 10.5. The van der Waals surface area contributed by atoms with E-state index in [1.165, 1.54) is 12.1 Å². The Morgan fingerprint density at radius 3 is 2.59 bits per heavy atom. The molecule has 22 heavy (non-hydrogen) atoms. The topological polar surface area (TPSA) is 54.7 Å². The third kappa shape index (κ3) is 2.48. The van der Waals surface area contributed by atoms with Crippen molar-refractivity contribution in [3.8, 4) is 11.3 Å². The summed E-state index contributed by atoms with van der Waals surface area (Å²) in [6, 6.07) is 8.17. The molecule has 0 saturated carbocycles. The van der Waals surface area contributed by atoms with Crippen LogP contribution in [-0.4, -0.2) is 9.97 Å². The van der Waals surface area contributed by atoms with Crippen LogP contribution in [-0.2, 0) is 6.54 Å². The summed E-state index contributed by atoms with van der Waals surface area (Å²) in [5.41, 5.74) is 8.10. The van der Waals surface area contributed by atoms with Gasteiger partial charge in [0.2, 0.25) is 5.95 Å². The third-order valence-electron chi connectivity index (χ3n) is 3.77. The summed E-state index contributed by atoms with van der Waals surface area (Å²) >= 11 is 0. The standard InChI is InChI=1S/C17H17F2N3/c1-9(2)15-6-11-5-13(18)12(7-16(11)21-15)14-4-3-10(8-20)17(19)22-14/h3-7,9,21H,8,20H2,1-2H3. The van der Waals surface area contributed by atoms with E-state index in [0.717, 1.165) is 16.6 Å². The number of nitrogens with one attached hydrogen (secondary N) is 1. The van der Waals surface area contributed by atoms with Crippen LogP contribution in [0.25, 0.3) is 22.2 Å². The number of hydrogen-bond donors (Lipinski definition) is 2. The maximum Gasteiger partial charge on any atom is 0.217 e. The second-order valence-corrected chi connectivity index (χ2v) is 5.65. The van der Waals surface area contributed by atoms with Gasteiger partial charge in [-0.15, -0.1) is 0 Å². The lowest BCUT2D eigenvalue weighted by molar-refractivity contribution is 0.567. The average Bonchev–Trinajstić information content (AvgIpc) is 2.89. The average molecular weight is 301 g/mol. The number of aromatic nitrogens is 2. The van der Waals surface area contributed by atoms with Gasteiger partial charge in [0, 0.05) is 34.3 Å². The number of rotatable bonds is 3. The molecule has 0 atom stereocenters. The van der Waals surface area contributed by atoms with Crippen molar-refractivity contribution in [3.63, 3.8) is 0 Å². The summed E-state index contributed by atoms with van der Waals surface area (Å²) in [7, 11) is 0. The third-order valence-corrected chi connectivity index (χ3v) is 3.77. The lowest BCUT2D eigenvalue weighted by Crippen LogP contribution is -2.02. The highest BCUT2D eigenvalue weighted by Gasteiger charge is 2.13. The normalized spacial score (nSPS) is 11.5. The number of hydrogen-bond acceptors (Lipinski definition) is 2. The molecule has 3 N–H and O–H groups in total. The number of halogens is 2. The van der Waals surface area contributed by atoms with Crippen molar-refractivity contribution in [2.75, 3.05) is 0 Å². The molecule has 3 rings (SSSR count). The summed E-state index contributed by atoms with van der Waals surface area (Å²) in [4.78, 5) is 7.08. The summed E-state index contributed by atoms with van der Waals surface area (Å²) in [5, 5.41) is 0.795. The minimum atomic E-state index is -0.658. The van der Waals surface area contributed by atoms with Gasteiger partial charge in [0.1, 0.15) is 5.82 Å². The van der Waals surface area contributed by atoms with E-state index in [2.05, 4.69) is 23.8 Å². The number of nitrogens with two attached hydrogens (primary N) is 1. The van der Waals surface area contributed by atoms with E-state index in [-0.39, 0.29) is 17.8 Å². The van der Waals surface area contributed by atoms with E-state index >= 15 is 0 Å². The predicted molar refractivity (Wildman–Crippen MR) is 83.4 cm³/mol. The fraction of sp³-hybridized carbons (Fsp3) is 0.235. The Balaban J connectivity index is 2.14. The van der Waals surface area contributed by atoms with E-state index in [1.54, 1.807) is 12.1 Å². The molecular formula is C17H17F2N3. The molecule has 0 bridgehead atoms. The van der Waals surface area contributed by atoms with E-state index in [4.69, 9.17) is 5.73 Å². The molecule has 0 aliphatic carbocycles. The zero-order chi connectivity index (χ0) is 15.9. The fourth-order valence-corrected chi connectivity index (χ4v) is 2.45. The zero-order valence-electron chi connectivity index (χ0n) is 12.5. The van der Waals surface area contributed by atoms with Gasteiger partial charge in [-0.3, -0.25) is 0 Å². The van der Waals surface area contributed by atoms with Gasteiger partial charge in [-0.25, -0.2) is 9.37 Å². The van der Waals surface area contributed by atoms with Crippen molar-refractivity contribution in [1.29, 1.82) is 0 Å². The van der Waals surface area contributed by atoms with Gasteiger partial charge in [-0.2, -0.15) is 4.39 Å². The zero-order valence-corrected chi connectivity index (χ0v) is 12.5. The van der Waals surface area contributed by atoms with E-state index < -0.39 is 11.8 Å². The molecule has 2 heterocycles. The monoisotopic (exact) mass is 301 g/mol. The van der Waals surface area contributed by atoms with Gasteiger partial charge in [-0.05, 0) is 30.2 Å². The van der Waals surface area contributed by atoms with Crippen molar-refractivity contribution < 1.29 is 8.78 Å². The van der Waals surface area contributed by atoms with Gasteiger partial charge in [0.25, 0.3) is 0 Å². The van der Waals surface area contributed by atoms with E-state index in [1.807, 2.05) is 6.07 Å². The highest BCUT2D eigenvalue weighted by Crippen LogP contribution is 2.29. The molecular weight excluding hydrogens is 284 g/mol. The Bertz CT molecular complexity index is 837. The van der Waals surface area contributed by atoms with Crippen LogP contribution in [0, 0.1) is 11.8 Å². The number of H-pyrrole nitrogens is 1. The maximum absolute atomic E-state index is 14.3. The number of nitrogens with zero attached hydrogens (tertiary/aromatic N) is 1. The second kappa shape index (κ2) is 5.50. The molecule has 3 aromatic rings. The molecule has 0 spiro atoms. The highest BCUT2D eigenvalue weighted by atomic mass is 19.1. The Hall–Kier alpha value is -2.27. The number of benzene rings is 1. The van der Waals surface area contributed by atoms with Crippen molar-refractivity contribution in [2.45, 2.75) is 26.3 Å². The first-order valence-electron chi connectivity index (χ1n) is 7.17. The first kappa shape index (κ1) is 14.7. The van der Waals surface area contributed by atoms with Crippen molar-refractivity contribution in [3.05, 3.63) is 53.4 Å². The largest absolute Gasteiger partial charge is 0.358 e. The van der Waals surface area contributed by atoms with Gasteiger partial charge >= 0.3 is 0 Å². The maximum atomic E-state index is 14.3. The molecule has 3 nitrogen and oxygen atoms in total. The van der Waals surface area contributed by atoms with Crippen molar-refractivity contribution >= 4 is 10.9 Å². The Morgan fingerprint density at radius 1 is 1.18 bits per heavy atom. The first-order valence-corrected chi connectivity index (χ1v) is 7.17. The predicted octanol–water partition coefficient (Wildman–Crippen LogP) is 4.09. The lowest BCUT2D eigenvalue weighted by Gasteiger charge is -2.05. The van der Waals surface area contributed by atoms with Crippen LogP contribution >= 0.6 is 0 Å². The molecule has 0 aliphatic rings. The van der Waals surface area contributed by atoms with Crippen molar-refractivity contribution in [2.24, 2.45) is 5.73 Å². The Kier molecular flexibility index (Phi) is 3.66. The SMILES string of the molecule is CC(C)c1cc2cc(F)c(-c3ccc(CN)c(F)n3)cc2[nH]1. The summed E-state index contributed by atoms with van der Waals surface area (Å²) < 4.78 is 28.1. The smallest absolute Gasteiger partial charge is 0.217 e. The quantitative estimate of drug-likeness (QED) is 0.716. The van der Waals surface area contributed by atoms with Gasteiger partial charge in [0.05, 0.1) is 5.69 Å². The molecule has 1 aromatic carbocycles. The Labute approximate surface area is 127 Å². The van der Waals surface area contributed by atoms with Gasteiger partial charge < -0.3 is 10.7 Å². The molecule has 0 aliphatic heterocycles. The highest BCUT2D eigenvalue weighted by molar-refractivity contribution is 5.85. The van der Waals surface area contributed by atoms with Crippen LogP contribution in [0.2, 0.25) is 0 Å². The molecule has 2 aromatic heterocycles. The molecule has 0 radical (unpaired) electrons. The minimum absolute atomic E-state index is 0.0645. The molecule has 5 heteroatoms. The van der Waals surface area contributed by atoms with E-state index in [0.29, 0.717) is 11.5 Å². The van der Waals surface area contributed by atoms with Crippen LogP contribution in [0.5, 0.6) is 0 Å². The number of pyridine rings is 1. The van der Waals surface area contributed by atoms with Crippen LogP contribution in [0.4, 0.5) is 8.78 Å². The molecule has 0 fully saturated rings. The van der Waals surface area contributed by atoms with Crippen LogP contribution in [0.1, 0.15) is 31.0 Å². The van der Waals surface area contributed by atoms with Gasteiger partial charge in [-0.1, -0.05) is 19.9 Å². The van der Waals surface area contributed by atoms with Gasteiger partial charge in [0.15, 0.2) is 0 Å². The van der Waals surface area contributed by atoms with Crippen LogP contribution in [0.15, 0.2) is 30.3 Å². The minimum Gasteiger partial charge on any atom is -0.358 e. The molecule has 0 saturated heterocycles. The molecule has 0 amide bonds. The van der Waals surface area contributed by atoms with Crippen molar-refractivity contribution in [1.82, 2.24) is 9.97 Å². The number of aromatic amines is 1. The summed E-state index contributed by atoms with van der Waals surface area (Å²) in [5.74, 6) is -0.763. The fourth-order valence-electron chi connectivity index (χ4n) is 2.45. The summed E-state index contributed by atoms with van der Waals surface area (Å²) in [6.07, 6.45) is 0. The number of fused-ring (bicyclic) bond motifs is 1. The molecule has 0 unspecified atom stereocenters. The lowest BCUT2D eigenvalue weighted by atomic mass is 10.1. The second-order valence-electron chi connectivity index (χ2n) is 5.65. The van der Waals surface area contributed by atoms with Crippen LogP contribution < -0.4 is 5.73 Å². The summed E-state index contributed by atoms with van der Waals surface area (Å²) in [6.45, 7) is 4.18. The van der Waals surface area contributed by atoms with E-state index in [9.17, 15) is 8.78 Å². The Morgan fingerprint density at radius 2 is 1.95 bits per heavy atom. The molecule has 114 valence electrons.